The summed E-state index contributed by atoms with van der Waals surface area (Å²) in [7, 11) is 1.62. The lowest BCUT2D eigenvalue weighted by atomic mass is 10.1. The van der Waals surface area contributed by atoms with Crippen LogP contribution in [-0.2, 0) is 16.0 Å². The van der Waals surface area contributed by atoms with Crippen LogP contribution in [-0.4, -0.2) is 18.9 Å². The van der Waals surface area contributed by atoms with E-state index in [1.165, 1.54) is 6.92 Å². The first kappa shape index (κ1) is 17.5. The summed E-state index contributed by atoms with van der Waals surface area (Å²) in [4.78, 5) is 23.4. The van der Waals surface area contributed by atoms with E-state index in [1.807, 2.05) is 43.3 Å². The SMILES string of the molecule is COc1ccc(CCC(=O)Nc2cccc(NC(C)=O)c2C)cc1. The lowest BCUT2D eigenvalue weighted by molar-refractivity contribution is -0.116. The zero-order valence-corrected chi connectivity index (χ0v) is 14.2. The van der Waals surface area contributed by atoms with Crippen molar-refractivity contribution < 1.29 is 14.3 Å². The third-order valence-corrected chi connectivity index (χ3v) is 3.72. The van der Waals surface area contributed by atoms with Crippen LogP contribution in [0.3, 0.4) is 0 Å². The molecule has 2 N–H and O–H groups in total. The molecule has 0 spiro atoms. The minimum absolute atomic E-state index is 0.0612. The molecule has 126 valence electrons. The molecule has 0 heterocycles. The van der Waals surface area contributed by atoms with Gasteiger partial charge in [-0.2, -0.15) is 0 Å². The summed E-state index contributed by atoms with van der Waals surface area (Å²) in [6.45, 7) is 3.32. The van der Waals surface area contributed by atoms with Crippen LogP contribution >= 0.6 is 0 Å². The average molecular weight is 326 g/mol. The fourth-order valence-electron chi connectivity index (χ4n) is 2.36. The van der Waals surface area contributed by atoms with Crippen molar-refractivity contribution in [1.82, 2.24) is 0 Å². The molecular formula is C19H22N2O3. The molecule has 0 atom stereocenters. The maximum Gasteiger partial charge on any atom is 0.224 e. The van der Waals surface area contributed by atoms with E-state index in [-0.39, 0.29) is 11.8 Å². The van der Waals surface area contributed by atoms with Gasteiger partial charge >= 0.3 is 0 Å². The number of amides is 2. The third kappa shape index (κ3) is 4.84. The Hall–Kier alpha value is -2.82. The summed E-state index contributed by atoms with van der Waals surface area (Å²) >= 11 is 0. The van der Waals surface area contributed by atoms with E-state index in [9.17, 15) is 9.59 Å². The van der Waals surface area contributed by atoms with E-state index in [2.05, 4.69) is 10.6 Å². The highest BCUT2D eigenvalue weighted by atomic mass is 16.5. The van der Waals surface area contributed by atoms with Crippen LogP contribution in [0.15, 0.2) is 42.5 Å². The van der Waals surface area contributed by atoms with Crippen molar-refractivity contribution in [3.05, 3.63) is 53.6 Å². The van der Waals surface area contributed by atoms with E-state index in [1.54, 1.807) is 13.2 Å². The van der Waals surface area contributed by atoms with E-state index < -0.39 is 0 Å². The van der Waals surface area contributed by atoms with Gasteiger partial charge in [-0.3, -0.25) is 9.59 Å². The monoisotopic (exact) mass is 326 g/mol. The molecule has 0 saturated carbocycles. The molecule has 5 heteroatoms. The maximum atomic E-state index is 12.2. The second-order valence-corrected chi connectivity index (χ2v) is 5.56. The first-order valence-electron chi connectivity index (χ1n) is 7.79. The molecule has 0 aliphatic heterocycles. The Morgan fingerprint density at radius 2 is 1.62 bits per heavy atom. The highest BCUT2D eigenvalue weighted by Gasteiger charge is 2.09. The summed E-state index contributed by atoms with van der Waals surface area (Å²) in [6, 6.07) is 13.1. The summed E-state index contributed by atoms with van der Waals surface area (Å²) in [5, 5.41) is 5.65. The van der Waals surface area contributed by atoms with Gasteiger partial charge in [-0.25, -0.2) is 0 Å². The molecule has 2 aromatic rings. The number of hydrogen-bond acceptors (Lipinski definition) is 3. The molecule has 2 rings (SSSR count). The van der Waals surface area contributed by atoms with Crippen molar-refractivity contribution in [1.29, 1.82) is 0 Å². The molecule has 2 amide bonds. The van der Waals surface area contributed by atoms with Crippen molar-refractivity contribution in [3.8, 4) is 5.75 Å². The van der Waals surface area contributed by atoms with Gasteiger partial charge in [0.2, 0.25) is 11.8 Å². The van der Waals surface area contributed by atoms with Crippen molar-refractivity contribution in [2.45, 2.75) is 26.7 Å². The standard InChI is InChI=1S/C19H22N2O3/c1-13-17(20-14(2)22)5-4-6-18(13)21-19(23)12-9-15-7-10-16(24-3)11-8-15/h4-8,10-11H,9,12H2,1-3H3,(H,20,22)(H,21,23). The third-order valence-electron chi connectivity index (χ3n) is 3.72. The van der Waals surface area contributed by atoms with E-state index in [0.29, 0.717) is 24.2 Å². The normalized spacial score (nSPS) is 10.1. The minimum atomic E-state index is -0.138. The van der Waals surface area contributed by atoms with Gasteiger partial charge in [0, 0.05) is 24.7 Å². The van der Waals surface area contributed by atoms with E-state index in [0.717, 1.165) is 16.9 Å². The average Bonchev–Trinajstić information content (AvgIpc) is 2.56. The molecule has 0 aromatic heterocycles. The van der Waals surface area contributed by atoms with Crippen molar-refractivity contribution in [2.24, 2.45) is 0 Å². The van der Waals surface area contributed by atoms with Gasteiger partial charge in [-0.15, -0.1) is 0 Å². The molecule has 0 aliphatic rings. The summed E-state index contributed by atoms with van der Waals surface area (Å²) in [6.07, 6.45) is 1.04. The number of ether oxygens (including phenoxy) is 1. The quantitative estimate of drug-likeness (QED) is 0.853. The molecule has 0 unspecified atom stereocenters. The van der Waals surface area contributed by atoms with Gasteiger partial charge in [-0.05, 0) is 48.7 Å². The molecule has 2 aromatic carbocycles. The smallest absolute Gasteiger partial charge is 0.224 e. The van der Waals surface area contributed by atoms with Crippen molar-refractivity contribution >= 4 is 23.2 Å². The Bertz CT molecular complexity index is 724. The van der Waals surface area contributed by atoms with Crippen molar-refractivity contribution in [3.63, 3.8) is 0 Å². The van der Waals surface area contributed by atoms with E-state index in [4.69, 9.17) is 4.74 Å². The number of aryl methyl sites for hydroxylation is 1. The molecule has 0 fully saturated rings. The first-order chi connectivity index (χ1) is 11.5. The Kier molecular flexibility index (Phi) is 5.95. The summed E-state index contributed by atoms with van der Waals surface area (Å²) in [5.41, 5.74) is 3.33. The highest BCUT2D eigenvalue weighted by molar-refractivity contribution is 5.95. The van der Waals surface area contributed by atoms with Gasteiger partial charge in [0.15, 0.2) is 0 Å². The summed E-state index contributed by atoms with van der Waals surface area (Å²) < 4.78 is 5.12. The number of methoxy groups -OCH3 is 1. The first-order valence-corrected chi connectivity index (χ1v) is 7.79. The number of hydrogen-bond donors (Lipinski definition) is 2. The molecule has 0 aliphatic carbocycles. The predicted octanol–water partition coefficient (Wildman–Crippen LogP) is 3.53. The maximum absolute atomic E-state index is 12.2. The number of anilines is 2. The molecule has 0 saturated heterocycles. The van der Waals surface area contributed by atoms with Gasteiger partial charge < -0.3 is 15.4 Å². The summed E-state index contributed by atoms with van der Waals surface area (Å²) in [5.74, 6) is 0.601. The Morgan fingerprint density at radius 1 is 1.00 bits per heavy atom. The van der Waals surface area contributed by atoms with Gasteiger partial charge in [-0.1, -0.05) is 18.2 Å². The zero-order valence-electron chi connectivity index (χ0n) is 14.2. The lowest BCUT2D eigenvalue weighted by Crippen LogP contribution is -2.14. The van der Waals surface area contributed by atoms with Crippen LogP contribution < -0.4 is 15.4 Å². The number of rotatable bonds is 6. The van der Waals surface area contributed by atoms with Gasteiger partial charge in [0.25, 0.3) is 0 Å². The second kappa shape index (κ2) is 8.15. The van der Waals surface area contributed by atoms with Crippen LogP contribution in [0.2, 0.25) is 0 Å². The Balaban J connectivity index is 1.95. The molecule has 0 radical (unpaired) electrons. The van der Waals surface area contributed by atoms with Crippen LogP contribution in [0.1, 0.15) is 24.5 Å². The lowest BCUT2D eigenvalue weighted by Gasteiger charge is -2.12. The molecule has 0 bridgehead atoms. The number of carbonyl (C=O) groups is 2. The predicted molar refractivity (Wildman–Crippen MR) is 95.4 cm³/mol. The fourth-order valence-corrected chi connectivity index (χ4v) is 2.36. The van der Waals surface area contributed by atoms with Gasteiger partial charge in [0.05, 0.1) is 7.11 Å². The molecule has 5 nitrogen and oxygen atoms in total. The Labute approximate surface area is 142 Å². The second-order valence-electron chi connectivity index (χ2n) is 5.56. The molecular weight excluding hydrogens is 304 g/mol. The van der Waals surface area contributed by atoms with E-state index >= 15 is 0 Å². The fraction of sp³-hybridized carbons (Fsp3) is 0.263. The van der Waals surface area contributed by atoms with Crippen molar-refractivity contribution in [2.75, 3.05) is 17.7 Å². The topological polar surface area (TPSA) is 67.4 Å². The van der Waals surface area contributed by atoms with Crippen LogP contribution in [0.4, 0.5) is 11.4 Å². The number of carbonyl (C=O) groups excluding carboxylic acids is 2. The minimum Gasteiger partial charge on any atom is -0.497 e. The number of nitrogens with one attached hydrogen (secondary N) is 2. The number of benzene rings is 2. The highest BCUT2D eigenvalue weighted by Crippen LogP contribution is 2.23. The molecule has 24 heavy (non-hydrogen) atoms. The van der Waals surface area contributed by atoms with Gasteiger partial charge in [0.1, 0.15) is 5.75 Å². The largest absolute Gasteiger partial charge is 0.497 e. The van der Waals surface area contributed by atoms with Crippen LogP contribution in [0, 0.1) is 6.92 Å². The Morgan fingerprint density at radius 3 is 2.21 bits per heavy atom. The van der Waals surface area contributed by atoms with Crippen LogP contribution in [0.5, 0.6) is 5.75 Å². The van der Waals surface area contributed by atoms with Crippen LogP contribution in [0.25, 0.3) is 0 Å². The zero-order chi connectivity index (χ0) is 17.5.